The molecular formula is C7H10O4. The summed E-state index contributed by atoms with van der Waals surface area (Å²) in [5.74, 6) is -0.881. The smallest absolute Gasteiger partial charge is 0.347 e. The van der Waals surface area contributed by atoms with Crippen LogP contribution < -0.4 is 0 Å². The van der Waals surface area contributed by atoms with Gasteiger partial charge in [-0.05, 0) is 6.92 Å². The van der Waals surface area contributed by atoms with Gasteiger partial charge in [0.15, 0.2) is 0 Å². The first-order valence-corrected chi connectivity index (χ1v) is 3.47. The molecule has 11 heavy (non-hydrogen) atoms. The van der Waals surface area contributed by atoms with Crippen molar-refractivity contribution in [2.24, 2.45) is 0 Å². The third-order valence-electron chi connectivity index (χ3n) is 1.43. The minimum atomic E-state index is -0.678. The van der Waals surface area contributed by atoms with E-state index in [0.717, 1.165) is 0 Å². The number of ether oxygens (including phenoxy) is 2. The third-order valence-corrected chi connectivity index (χ3v) is 1.43. The zero-order valence-electron chi connectivity index (χ0n) is 6.49. The van der Waals surface area contributed by atoms with Crippen LogP contribution in [-0.4, -0.2) is 24.1 Å². The SMILES string of the molecule is CC(=O)O[C@@H]1C[C@@H](C)OC1=O. The van der Waals surface area contributed by atoms with E-state index in [1.165, 1.54) is 6.92 Å². The van der Waals surface area contributed by atoms with Crippen molar-refractivity contribution in [2.45, 2.75) is 32.5 Å². The first kappa shape index (κ1) is 8.04. The average Bonchev–Trinajstić information content (AvgIpc) is 2.09. The van der Waals surface area contributed by atoms with E-state index in [2.05, 4.69) is 4.74 Å². The zero-order valence-corrected chi connectivity index (χ0v) is 6.49. The van der Waals surface area contributed by atoms with Gasteiger partial charge in [0.05, 0.1) is 0 Å². The molecule has 1 saturated heterocycles. The second-order valence-electron chi connectivity index (χ2n) is 2.58. The van der Waals surface area contributed by atoms with Gasteiger partial charge in [-0.25, -0.2) is 4.79 Å². The van der Waals surface area contributed by atoms with Gasteiger partial charge in [-0.1, -0.05) is 0 Å². The van der Waals surface area contributed by atoms with Crippen LogP contribution in [0.25, 0.3) is 0 Å². The Bertz CT molecular complexity index is 187. The molecule has 1 aliphatic rings. The highest BCUT2D eigenvalue weighted by molar-refractivity contribution is 5.80. The molecule has 0 aromatic heterocycles. The van der Waals surface area contributed by atoms with Crippen LogP contribution in [0.15, 0.2) is 0 Å². The van der Waals surface area contributed by atoms with Gasteiger partial charge < -0.3 is 9.47 Å². The van der Waals surface area contributed by atoms with E-state index in [1.807, 2.05) is 0 Å². The van der Waals surface area contributed by atoms with E-state index < -0.39 is 18.0 Å². The van der Waals surface area contributed by atoms with Gasteiger partial charge in [0.25, 0.3) is 0 Å². The Hall–Kier alpha value is -1.06. The van der Waals surface area contributed by atoms with Crippen LogP contribution >= 0.6 is 0 Å². The Labute approximate surface area is 64.5 Å². The van der Waals surface area contributed by atoms with Crippen LogP contribution in [0.5, 0.6) is 0 Å². The maximum Gasteiger partial charge on any atom is 0.347 e. The molecule has 0 aromatic carbocycles. The molecule has 1 fully saturated rings. The van der Waals surface area contributed by atoms with Crippen molar-refractivity contribution < 1.29 is 19.1 Å². The lowest BCUT2D eigenvalue weighted by atomic mass is 10.2. The van der Waals surface area contributed by atoms with Crippen molar-refractivity contribution in [3.05, 3.63) is 0 Å². The van der Waals surface area contributed by atoms with E-state index in [4.69, 9.17) is 4.74 Å². The molecule has 1 heterocycles. The maximum atomic E-state index is 10.8. The quantitative estimate of drug-likeness (QED) is 0.513. The molecular weight excluding hydrogens is 148 g/mol. The molecule has 0 N–H and O–H groups in total. The van der Waals surface area contributed by atoms with E-state index in [1.54, 1.807) is 6.92 Å². The summed E-state index contributed by atoms with van der Waals surface area (Å²) >= 11 is 0. The van der Waals surface area contributed by atoms with Crippen molar-refractivity contribution in [2.75, 3.05) is 0 Å². The van der Waals surface area contributed by atoms with Crippen LogP contribution in [0, 0.1) is 0 Å². The Morgan fingerprint density at radius 3 is 2.73 bits per heavy atom. The molecule has 2 atom stereocenters. The summed E-state index contributed by atoms with van der Waals surface area (Å²) in [4.78, 5) is 21.2. The minimum Gasteiger partial charge on any atom is -0.460 e. The van der Waals surface area contributed by atoms with Crippen LogP contribution in [0.3, 0.4) is 0 Å². The lowest BCUT2D eigenvalue weighted by Crippen LogP contribution is -2.20. The molecule has 0 aromatic rings. The van der Waals surface area contributed by atoms with Crippen molar-refractivity contribution in [1.82, 2.24) is 0 Å². The predicted octanol–water partition coefficient (Wildman–Crippen LogP) is 0.254. The summed E-state index contributed by atoms with van der Waals surface area (Å²) in [6.07, 6.45) is -0.340. The predicted molar refractivity (Wildman–Crippen MR) is 35.7 cm³/mol. The molecule has 1 rings (SSSR count). The Balaban J connectivity index is 2.47. The maximum absolute atomic E-state index is 10.8. The van der Waals surface area contributed by atoms with Crippen molar-refractivity contribution in [3.63, 3.8) is 0 Å². The Morgan fingerprint density at radius 2 is 2.36 bits per heavy atom. The second kappa shape index (κ2) is 2.90. The normalized spacial score (nSPS) is 29.8. The third kappa shape index (κ3) is 1.93. The molecule has 0 aliphatic carbocycles. The summed E-state index contributed by atoms with van der Waals surface area (Å²) in [5, 5.41) is 0. The van der Waals surface area contributed by atoms with Crippen LogP contribution in [0.2, 0.25) is 0 Å². The summed E-state index contributed by atoms with van der Waals surface area (Å²) in [7, 11) is 0. The van der Waals surface area contributed by atoms with E-state index in [0.29, 0.717) is 6.42 Å². The first-order valence-electron chi connectivity index (χ1n) is 3.47. The van der Waals surface area contributed by atoms with Crippen molar-refractivity contribution >= 4 is 11.9 Å². The average molecular weight is 158 g/mol. The highest BCUT2D eigenvalue weighted by Crippen LogP contribution is 2.16. The summed E-state index contributed by atoms with van der Waals surface area (Å²) in [5.41, 5.74) is 0. The fourth-order valence-corrected chi connectivity index (χ4v) is 1.02. The van der Waals surface area contributed by atoms with Gasteiger partial charge in [-0.15, -0.1) is 0 Å². The number of carbonyl (C=O) groups is 2. The van der Waals surface area contributed by atoms with Gasteiger partial charge in [-0.3, -0.25) is 4.79 Å². The molecule has 4 heteroatoms. The zero-order chi connectivity index (χ0) is 8.43. The lowest BCUT2D eigenvalue weighted by molar-refractivity contribution is -0.159. The molecule has 0 bridgehead atoms. The lowest BCUT2D eigenvalue weighted by Gasteiger charge is -2.03. The van der Waals surface area contributed by atoms with Gasteiger partial charge in [-0.2, -0.15) is 0 Å². The first-order chi connectivity index (χ1) is 5.09. The minimum absolute atomic E-state index is 0.133. The van der Waals surface area contributed by atoms with Gasteiger partial charge >= 0.3 is 11.9 Å². The van der Waals surface area contributed by atoms with E-state index in [-0.39, 0.29) is 6.10 Å². The fraction of sp³-hybridized carbons (Fsp3) is 0.714. The number of cyclic esters (lactones) is 1. The topological polar surface area (TPSA) is 52.6 Å². The fourth-order valence-electron chi connectivity index (χ4n) is 1.02. The number of rotatable bonds is 1. The number of hydrogen-bond donors (Lipinski definition) is 0. The highest BCUT2D eigenvalue weighted by atomic mass is 16.6. The molecule has 0 saturated carbocycles. The van der Waals surface area contributed by atoms with Gasteiger partial charge in [0.1, 0.15) is 6.10 Å². The Morgan fingerprint density at radius 1 is 1.73 bits per heavy atom. The molecule has 62 valence electrons. The van der Waals surface area contributed by atoms with Crippen LogP contribution in [0.1, 0.15) is 20.3 Å². The summed E-state index contributed by atoms with van der Waals surface area (Å²) in [6.45, 7) is 3.04. The largest absolute Gasteiger partial charge is 0.460 e. The molecule has 0 unspecified atom stereocenters. The van der Waals surface area contributed by atoms with Crippen LogP contribution in [-0.2, 0) is 19.1 Å². The molecule has 4 nitrogen and oxygen atoms in total. The molecule has 0 spiro atoms. The Kier molecular flexibility index (Phi) is 2.12. The van der Waals surface area contributed by atoms with Crippen molar-refractivity contribution in [1.29, 1.82) is 0 Å². The molecule has 0 amide bonds. The van der Waals surface area contributed by atoms with Crippen molar-refractivity contribution in [3.8, 4) is 0 Å². The highest BCUT2D eigenvalue weighted by Gasteiger charge is 2.34. The standard InChI is InChI=1S/C7H10O4/c1-4-3-6(7(9)10-4)11-5(2)8/h4,6H,3H2,1-2H3/t4-,6-/m1/s1. The number of esters is 2. The van der Waals surface area contributed by atoms with Gasteiger partial charge in [0.2, 0.25) is 6.10 Å². The monoisotopic (exact) mass is 158 g/mol. The molecule has 0 radical (unpaired) electrons. The number of hydrogen-bond acceptors (Lipinski definition) is 4. The number of carbonyl (C=O) groups excluding carboxylic acids is 2. The van der Waals surface area contributed by atoms with Gasteiger partial charge in [0, 0.05) is 13.3 Å². The summed E-state index contributed by atoms with van der Waals surface area (Å²) in [6, 6.07) is 0. The summed E-state index contributed by atoms with van der Waals surface area (Å²) < 4.78 is 9.44. The second-order valence-corrected chi connectivity index (χ2v) is 2.58. The van der Waals surface area contributed by atoms with Crippen LogP contribution in [0.4, 0.5) is 0 Å². The van der Waals surface area contributed by atoms with E-state index >= 15 is 0 Å². The van der Waals surface area contributed by atoms with E-state index in [9.17, 15) is 9.59 Å². The molecule has 1 aliphatic heterocycles.